The molecule has 1 aromatic heterocycles. The van der Waals surface area contributed by atoms with Crippen LogP contribution in [0.1, 0.15) is 18.2 Å². The summed E-state index contributed by atoms with van der Waals surface area (Å²) >= 11 is 0. The van der Waals surface area contributed by atoms with Crippen molar-refractivity contribution in [3.05, 3.63) is 59.5 Å². The average molecular weight is 284 g/mol. The number of aryl methyl sites for hydroxylation is 2. The number of para-hydroxylation sites is 1. The van der Waals surface area contributed by atoms with E-state index in [2.05, 4.69) is 12.0 Å². The molecule has 0 spiro atoms. The van der Waals surface area contributed by atoms with Crippen LogP contribution in [0.5, 0.6) is 5.75 Å². The smallest absolute Gasteiger partial charge is 0.133 e. The van der Waals surface area contributed by atoms with Gasteiger partial charge in [-0.15, -0.1) is 0 Å². The van der Waals surface area contributed by atoms with Gasteiger partial charge in [0.2, 0.25) is 0 Å². The zero-order chi connectivity index (χ0) is 14.8. The number of benzene rings is 2. The molecule has 0 unspecified atom stereocenters. The summed E-state index contributed by atoms with van der Waals surface area (Å²) in [6.45, 7) is 5.09. The molecule has 0 fully saturated rings. The van der Waals surface area contributed by atoms with Crippen molar-refractivity contribution in [1.82, 2.24) is 9.78 Å². The Balaban J connectivity index is 1.90. The van der Waals surface area contributed by atoms with Crippen molar-refractivity contribution >= 4 is 10.9 Å². The first-order chi connectivity index (χ1) is 10.2. The first-order valence-corrected chi connectivity index (χ1v) is 7.02. The molecule has 3 nitrogen and oxygen atoms in total. The van der Waals surface area contributed by atoms with Crippen molar-refractivity contribution in [2.24, 2.45) is 0 Å². The van der Waals surface area contributed by atoms with Gasteiger partial charge in [-0.25, -0.2) is 4.39 Å². The molecule has 0 saturated heterocycles. The van der Waals surface area contributed by atoms with Crippen molar-refractivity contribution < 1.29 is 9.13 Å². The molecule has 3 aromatic rings. The Bertz CT molecular complexity index is 780. The van der Waals surface area contributed by atoms with Gasteiger partial charge in [0.25, 0.3) is 0 Å². The fourth-order valence-electron chi connectivity index (χ4n) is 2.42. The van der Waals surface area contributed by atoms with E-state index in [0.29, 0.717) is 12.4 Å². The molecule has 0 aliphatic carbocycles. The largest absolute Gasteiger partial charge is 0.487 e. The standard InChI is InChI=1S/C17H17FN2O/c1-3-20-16-7-5-4-6-14(16)15(19-20)11-21-17-10-13(18)9-8-12(17)2/h4-10H,3,11H2,1-2H3. The number of aromatic nitrogens is 2. The summed E-state index contributed by atoms with van der Waals surface area (Å²) in [5.41, 5.74) is 2.88. The maximum Gasteiger partial charge on any atom is 0.133 e. The van der Waals surface area contributed by atoms with Gasteiger partial charge in [-0.2, -0.15) is 5.10 Å². The fraction of sp³-hybridized carbons (Fsp3) is 0.235. The Labute approximate surface area is 123 Å². The van der Waals surface area contributed by atoms with Crippen molar-refractivity contribution in [1.29, 1.82) is 0 Å². The van der Waals surface area contributed by atoms with E-state index in [1.165, 1.54) is 12.1 Å². The van der Waals surface area contributed by atoms with Crippen LogP contribution in [-0.2, 0) is 13.2 Å². The number of nitrogens with zero attached hydrogens (tertiary/aromatic N) is 2. The van der Waals surface area contributed by atoms with Gasteiger partial charge >= 0.3 is 0 Å². The normalized spacial score (nSPS) is 11.0. The van der Waals surface area contributed by atoms with Crippen LogP contribution in [0, 0.1) is 12.7 Å². The number of fused-ring (bicyclic) bond motifs is 1. The Morgan fingerprint density at radius 1 is 1.19 bits per heavy atom. The highest BCUT2D eigenvalue weighted by Gasteiger charge is 2.10. The van der Waals surface area contributed by atoms with Gasteiger partial charge < -0.3 is 4.74 Å². The third kappa shape index (κ3) is 2.61. The van der Waals surface area contributed by atoms with E-state index < -0.39 is 0 Å². The molecule has 0 radical (unpaired) electrons. The minimum atomic E-state index is -0.292. The molecule has 0 bridgehead atoms. The van der Waals surface area contributed by atoms with Crippen LogP contribution < -0.4 is 4.74 Å². The molecule has 4 heteroatoms. The first kappa shape index (κ1) is 13.6. The first-order valence-electron chi connectivity index (χ1n) is 7.02. The topological polar surface area (TPSA) is 27.1 Å². The number of halogens is 1. The minimum Gasteiger partial charge on any atom is -0.487 e. The molecule has 3 rings (SSSR count). The van der Waals surface area contributed by atoms with Gasteiger partial charge in [-0.3, -0.25) is 4.68 Å². The number of hydrogen-bond acceptors (Lipinski definition) is 2. The maximum atomic E-state index is 13.3. The number of ether oxygens (including phenoxy) is 1. The average Bonchev–Trinajstić information content (AvgIpc) is 2.86. The van der Waals surface area contributed by atoms with Crippen LogP contribution >= 0.6 is 0 Å². The molecule has 1 heterocycles. The summed E-state index contributed by atoms with van der Waals surface area (Å²) < 4.78 is 21.0. The van der Waals surface area contributed by atoms with Crippen LogP contribution in [0.4, 0.5) is 4.39 Å². The summed E-state index contributed by atoms with van der Waals surface area (Å²) in [5, 5.41) is 5.65. The predicted molar refractivity (Wildman–Crippen MR) is 80.9 cm³/mol. The zero-order valence-corrected chi connectivity index (χ0v) is 12.1. The fourth-order valence-corrected chi connectivity index (χ4v) is 2.42. The van der Waals surface area contributed by atoms with Crippen molar-refractivity contribution in [2.75, 3.05) is 0 Å². The lowest BCUT2D eigenvalue weighted by atomic mass is 10.2. The van der Waals surface area contributed by atoms with E-state index in [1.54, 1.807) is 6.07 Å². The highest BCUT2D eigenvalue weighted by atomic mass is 19.1. The van der Waals surface area contributed by atoms with Gasteiger partial charge in [0.1, 0.15) is 23.9 Å². The molecule has 0 atom stereocenters. The molecule has 0 N–H and O–H groups in total. The lowest BCUT2D eigenvalue weighted by Gasteiger charge is -2.07. The molecule has 108 valence electrons. The summed E-state index contributed by atoms with van der Waals surface area (Å²) in [5.74, 6) is 0.268. The Kier molecular flexibility index (Phi) is 3.60. The van der Waals surface area contributed by atoms with Crippen LogP contribution in [0.15, 0.2) is 42.5 Å². The summed E-state index contributed by atoms with van der Waals surface area (Å²) in [4.78, 5) is 0. The summed E-state index contributed by atoms with van der Waals surface area (Å²) in [6, 6.07) is 12.6. The van der Waals surface area contributed by atoms with E-state index in [4.69, 9.17) is 4.74 Å². The Hall–Kier alpha value is -2.36. The molecule has 0 aliphatic rings. The molecule has 2 aromatic carbocycles. The quantitative estimate of drug-likeness (QED) is 0.721. The maximum absolute atomic E-state index is 13.3. The SMILES string of the molecule is CCn1nc(COc2cc(F)ccc2C)c2ccccc21. The Morgan fingerprint density at radius 2 is 2.00 bits per heavy atom. The monoisotopic (exact) mass is 284 g/mol. The summed E-state index contributed by atoms with van der Waals surface area (Å²) in [7, 11) is 0. The van der Waals surface area contributed by atoms with E-state index in [-0.39, 0.29) is 5.82 Å². The molecular formula is C17H17FN2O. The second-order valence-electron chi connectivity index (χ2n) is 4.98. The second-order valence-corrected chi connectivity index (χ2v) is 4.98. The van der Waals surface area contributed by atoms with E-state index in [9.17, 15) is 4.39 Å². The van der Waals surface area contributed by atoms with Gasteiger partial charge in [-0.1, -0.05) is 24.3 Å². The van der Waals surface area contributed by atoms with E-state index in [0.717, 1.165) is 28.7 Å². The van der Waals surface area contributed by atoms with Crippen LogP contribution in [-0.4, -0.2) is 9.78 Å². The third-order valence-corrected chi connectivity index (χ3v) is 3.55. The highest BCUT2D eigenvalue weighted by Crippen LogP contribution is 2.23. The predicted octanol–water partition coefficient (Wildman–Crippen LogP) is 4.08. The van der Waals surface area contributed by atoms with Crippen molar-refractivity contribution in [3.63, 3.8) is 0 Å². The van der Waals surface area contributed by atoms with Crippen LogP contribution in [0.3, 0.4) is 0 Å². The summed E-state index contributed by atoms with van der Waals surface area (Å²) in [6.07, 6.45) is 0. The second kappa shape index (κ2) is 5.56. The lowest BCUT2D eigenvalue weighted by Crippen LogP contribution is -2.01. The lowest BCUT2D eigenvalue weighted by molar-refractivity contribution is 0.297. The molecule has 0 amide bonds. The van der Waals surface area contributed by atoms with Gasteiger partial charge in [0.05, 0.1) is 5.52 Å². The molecule has 0 aliphatic heterocycles. The van der Waals surface area contributed by atoms with Gasteiger partial charge in [0.15, 0.2) is 0 Å². The third-order valence-electron chi connectivity index (χ3n) is 3.55. The molecular weight excluding hydrogens is 267 g/mol. The zero-order valence-electron chi connectivity index (χ0n) is 12.1. The van der Waals surface area contributed by atoms with E-state index in [1.807, 2.05) is 35.9 Å². The molecule has 0 saturated carbocycles. The van der Waals surface area contributed by atoms with E-state index >= 15 is 0 Å². The van der Waals surface area contributed by atoms with Crippen molar-refractivity contribution in [2.45, 2.75) is 27.0 Å². The van der Waals surface area contributed by atoms with Crippen LogP contribution in [0.25, 0.3) is 10.9 Å². The minimum absolute atomic E-state index is 0.292. The van der Waals surface area contributed by atoms with Gasteiger partial charge in [-0.05, 0) is 31.5 Å². The Morgan fingerprint density at radius 3 is 2.81 bits per heavy atom. The van der Waals surface area contributed by atoms with Crippen molar-refractivity contribution in [3.8, 4) is 5.75 Å². The highest BCUT2D eigenvalue weighted by molar-refractivity contribution is 5.81. The number of rotatable bonds is 4. The number of hydrogen-bond donors (Lipinski definition) is 0. The van der Waals surface area contributed by atoms with Gasteiger partial charge in [0, 0.05) is 18.0 Å². The molecule has 21 heavy (non-hydrogen) atoms. The van der Waals surface area contributed by atoms with Crippen LogP contribution in [0.2, 0.25) is 0 Å².